The summed E-state index contributed by atoms with van der Waals surface area (Å²) in [6.07, 6.45) is 1.99. The Morgan fingerprint density at radius 3 is 3.17 bits per heavy atom. The van der Waals surface area contributed by atoms with E-state index in [2.05, 4.69) is 33.4 Å². The van der Waals surface area contributed by atoms with Gasteiger partial charge in [-0.1, -0.05) is 0 Å². The van der Waals surface area contributed by atoms with Crippen molar-refractivity contribution in [1.82, 2.24) is 4.72 Å². The first-order valence-electron chi connectivity index (χ1n) is 3.33. The van der Waals surface area contributed by atoms with Gasteiger partial charge in [-0.15, -0.1) is 11.3 Å². The average molecular weight is 311 g/mol. The zero-order valence-electron chi connectivity index (χ0n) is 6.00. The second-order valence-electron chi connectivity index (χ2n) is 2.33. The molecule has 0 fully saturated rings. The molecular weight excluding hydrogens is 305 g/mol. The lowest BCUT2D eigenvalue weighted by atomic mass is 10.3. The normalized spacial score (nSPS) is 15.0. The molecule has 2 heterocycles. The molecule has 0 aromatic carbocycles. The van der Waals surface area contributed by atoms with Crippen molar-refractivity contribution in [2.45, 2.75) is 4.21 Å². The maximum atomic E-state index is 8.88. The minimum atomic E-state index is 0.0822. The van der Waals surface area contributed by atoms with E-state index in [1.54, 1.807) is 23.3 Å². The molecule has 1 aromatic rings. The number of hydrogen-bond donors (Lipinski definition) is 2. The molecule has 64 valence electrons. The van der Waals surface area contributed by atoms with E-state index < -0.39 is 0 Å². The Morgan fingerprint density at radius 2 is 2.42 bits per heavy atom. The Morgan fingerprint density at radius 1 is 1.58 bits per heavy atom. The number of halogens is 1. The summed E-state index contributed by atoms with van der Waals surface area (Å²) in [5, 5.41) is 8.88. The van der Waals surface area contributed by atoms with Crippen molar-refractivity contribution >= 4 is 52.0 Å². The van der Waals surface area contributed by atoms with E-state index in [1.807, 2.05) is 6.08 Å². The van der Waals surface area contributed by atoms with Gasteiger partial charge in [-0.2, -0.15) is 0 Å². The van der Waals surface area contributed by atoms with Crippen LogP contribution in [0.4, 0.5) is 0 Å². The topological polar surface area (TPSA) is 32.3 Å². The smallest absolute Gasteiger partial charge is 0.0892 e. The number of aliphatic hydroxyl groups is 1. The molecule has 0 amide bonds. The first-order chi connectivity index (χ1) is 5.79. The average Bonchev–Trinajstić information content (AvgIpc) is 2.43. The third kappa shape index (κ3) is 1.63. The Kier molecular flexibility index (Phi) is 2.63. The molecule has 1 aliphatic rings. The van der Waals surface area contributed by atoms with E-state index in [0.29, 0.717) is 0 Å². The molecule has 0 unspecified atom stereocenters. The molecule has 0 spiro atoms. The first-order valence-corrected chi connectivity index (χ1v) is 6.04. The molecule has 2 N–H and O–H groups in total. The van der Waals surface area contributed by atoms with Crippen LogP contribution >= 0.6 is 45.9 Å². The summed E-state index contributed by atoms with van der Waals surface area (Å²) in [6, 6.07) is 2.13. The van der Waals surface area contributed by atoms with Crippen molar-refractivity contribution in [3.8, 4) is 0 Å². The molecule has 0 saturated carbocycles. The van der Waals surface area contributed by atoms with E-state index >= 15 is 0 Å². The molecule has 1 aromatic heterocycles. The number of thiophene rings is 1. The predicted molar refractivity (Wildman–Crippen MR) is 61.1 cm³/mol. The monoisotopic (exact) mass is 311 g/mol. The zero-order chi connectivity index (χ0) is 8.55. The number of fused-ring (bicyclic) bond motifs is 1. The first kappa shape index (κ1) is 8.86. The molecule has 0 aliphatic carbocycles. The summed E-state index contributed by atoms with van der Waals surface area (Å²) in [7, 11) is 0. The number of hydrogen-bond acceptors (Lipinski definition) is 4. The van der Waals surface area contributed by atoms with Gasteiger partial charge < -0.3 is 9.83 Å². The van der Waals surface area contributed by atoms with E-state index in [9.17, 15) is 0 Å². The fourth-order valence-electron chi connectivity index (χ4n) is 0.945. The van der Waals surface area contributed by atoms with E-state index in [4.69, 9.17) is 5.11 Å². The lowest BCUT2D eigenvalue weighted by Crippen LogP contribution is -2.09. The second kappa shape index (κ2) is 3.57. The highest BCUT2D eigenvalue weighted by Gasteiger charge is 2.12. The molecule has 1 aliphatic heterocycles. The molecular formula is C7H6INOS2. The van der Waals surface area contributed by atoms with Gasteiger partial charge in [0.05, 0.1) is 13.7 Å². The Hall–Kier alpha value is 0.280. The van der Waals surface area contributed by atoms with Crippen LogP contribution in [-0.2, 0) is 0 Å². The Bertz CT molecular complexity index is 334. The molecule has 0 bridgehead atoms. The van der Waals surface area contributed by atoms with Crippen molar-refractivity contribution in [2.75, 3.05) is 6.61 Å². The van der Waals surface area contributed by atoms with Gasteiger partial charge in [-0.3, -0.25) is 0 Å². The van der Waals surface area contributed by atoms with Crippen LogP contribution in [0.15, 0.2) is 16.0 Å². The van der Waals surface area contributed by atoms with E-state index in [1.165, 1.54) is 12.7 Å². The third-order valence-corrected chi connectivity index (χ3v) is 4.46. The van der Waals surface area contributed by atoms with Gasteiger partial charge in [0.1, 0.15) is 0 Å². The van der Waals surface area contributed by atoms with Gasteiger partial charge in [0.15, 0.2) is 0 Å². The van der Waals surface area contributed by atoms with Crippen LogP contribution in [0.5, 0.6) is 0 Å². The summed E-state index contributed by atoms with van der Waals surface area (Å²) >= 11 is 5.65. The lowest BCUT2D eigenvalue weighted by molar-refractivity contribution is 0.328. The van der Waals surface area contributed by atoms with E-state index in [-0.39, 0.29) is 6.61 Å². The molecule has 2 rings (SSSR count). The molecule has 0 atom stereocenters. The molecule has 12 heavy (non-hydrogen) atoms. The number of rotatable bonds is 1. The molecule has 0 saturated heterocycles. The maximum Gasteiger partial charge on any atom is 0.0892 e. The summed E-state index contributed by atoms with van der Waals surface area (Å²) < 4.78 is 5.63. The van der Waals surface area contributed by atoms with Crippen molar-refractivity contribution in [3.63, 3.8) is 0 Å². The largest absolute Gasteiger partial charge is 0.390 e. The standard InChI is InChI=1S/C7H6INOS2/c8-6-2-4-1-5(3-10)9-12-7(4)11-6/h1-2,9-10H,3H2. The highest BCUT2D eigenvalue weighted by atomic mass is 127. The van der Waals surface area contributed by atoms with Crippen LogP contribution in [-0.4, -0.2) is 11.7 Å². The van der Waals surface area contributed by atoms with Crippen LogP contribution in [0, 0.1) is 2.88 Å². The lowest BCUT2D eigenvalue weighted by Gasteiger charge is -2.11. The Balaban J connectivity index is 2.40. The quantitative estimate of drug-likeness (QED) is 0.616. The van der Waals surface area contributed by atoms with Gasteiger partial charge in [0.25, 0.3) is 0 Å². The van der Waals surface area contributed by atoms with Crippen LogP contribution in [0.2, 0.25) is 0 Å². The molecule has 5 heteroatoms. The second-order valence-corrected chi connectivity index (χ2v) is 6.35. The fraction of sp³-hybridized carbons (Fsp3) is 0.143. The maximum absolute atomic E-state index is 8.88. The highest BCUT2D eigenvalue weighted by Crippen LogP contribution is 2.35. The van der Waals surface area contributed by atoms with Crippen LogP contribution < -0.4 is 4.72 Å². The Labute approximate surface area is 92.3 Å². The number of aliphatic hydroxyl groups excluding tert-OH is 1. The minimum Gasteiger partial charge on any atom is -0.390 e. The summed E-state index contributed by atoms with van der Waals surface area (Å²) in [6.45, 7) is 0.0822. The van der Waals surface area contributed by atoms with Crippen LogP contribution in [0.3, 0.4) is 0 Å². The van der Waals surface area contributed by atoms with Gasteiger partial charge in [0.2, 0.25) is 0 Å². The van der Waals surface area contributed by atoms with Crippen molar-refractivity contribution in [3.05, 3.63) is 20.2 Å². The summed E-state index contributed by atoms with van der Waals surface area (Å²) in [4.78, 5) is 0. The van der Waals surface area contributed by atoms with Crippen molar-refractivity contribution in [2.24, 2.45) is 0 Å². The molecule has 0 radical (unpaired) electrons. The SMILES string of the molecule is OCC1=Cc2cc(I)sc2SN1. The van der Waals surface area contributed by atoms with Gasteiger partial charge in [-0.05, 0) is 46.7 Å². The summed E-state index contributed by atoms with van der Waals surface area (Å²) in [5.74, 6) is 0. The zero-order valence-corrected chi connectivity index (χ0v) is 9.79. The highest BCUT2D eigenvalue weighted by molar-refractivity contribution is 14.1. The third-order valence-electron chi connectivity index (χ3n) is 1.47. The van der Waals surface area contributed by atoms with Gasteiger partial charge in [-0.25, -0.2) is 0 Å². The fourth-order valence-corrected chi connectivity index (χ4v) is 4.13. The van der Waals surface area contributed by atoms with Crippen molar-refractivity contribution in [1.29, 1.82) is 0 Å². The number of nitrogens with one attached hydrogen (secondary N) is 1. The van der Waals surface area contributed by atoms with E-state index in [0.717, 1.165) is 5.70 Å². The minimum absolute atomic E-state index is 0.0822. The molecule has 2 nitrogen and oxygen atoms in total. The van der Waals surface area contributed by atoms with Gasteiger partial charge >= 0.3 is 0 Å². The van der Waals surface area contributed by atoms with Crippen LogP contribution in [0.25, 0.3) is 6.08 Å². The predicted octanol–water partition coefficient (Wildman–Crippen LogP) is 2.30. The summed E-state index contributed by atoms with van der Waals surface area (Å²) in [5.41, 5.74) is 2.10. The van der Waals surface area contributed by atoms with Gasteiger partial charge in [0, 0.05) is 11.3 Å². The van der Waals surface area contributed by atoms with Crippen LogP contribution in [0.1, 0.15) is 5.56 Å². The van der Waals surface area contributed by atoms with Crippen molar-refractivity contribution < 1.29 is 5.11 Å².